The first-order chi connectivity index (χ1) is 11.0. The third-order valence-corrected chi connectivity index (χ3v) is 5.12. The number of carbonyl (C=O) groups is 1. The molecule has 1 aliphatic heterocycles. The van der Waals surface area contributed by atoms with E-state index in [9.17, 15) is 4.79 Å². The maximum absolute atomic E-state index is 12.2. The van der Waals surface area contributed by atoms with Crippen LogP contribution in [0.3, 0.4) is 0 Å². The summed E-state index contributed by atoms with van der Waals surface area (Å²) in [4.78, 5) is 17.6. The second kappa shape index (κ2) is 8.20. The Morgan fingerprint density at radius 3 is 3.04 bits per heavy atom. The average molecular weight is 389 g/mol. The van der Waals surface area contributed by atoms with E-state index >= 15 is 0 Å². The number of nitrogens with zero attached hydrogens (tertiary/aromatic N) is 2. The predicted molar refractivity (Wildman–Crippen MR) is 97.2 cm³/mol. The van der Waals surface area contributed by atoms with Gasteiger partial charge in [-0.3, -0.25) is 4.79 Å². The summed E-state index contributed by atoms with van der Waals surface area (Å²) in [5.41, 5.74) is 0.748. The van der Waals surface area contributed by atoms with E-state index in [4.69, 9.17) is 16.1 Å². The Labute approximate surface area is 155 Å². The van der Waals surface area contributed by atoms with Gasteiger partial charge in [-0.05, 0) is 32.2 Å². The highest BCUT2D eigenvalue weighted by atomic mass is 35.5. The van der Waals surface area contributed by atoms with Crippen LogP contribution in [0.2, 0.25) is 5.02 Å². The van der Waals surface area contributed by atoms with Crippen molar-refractivity contribution in [1.29, 1.82) is 0 Å². The highest BCUT2D eigenvalue weighted by Crippen LogP contribution is 2.38. The number of likely N-dealkylation sites (N-methyl/N-ethyl adjacent to an activating group) is 1. The van der Waals surface area contributed by atoms with Crippen LogP contribution >= 0.6 is 35.8 Å². The zero-order valence-electron chi connectivity index (χ0n) is 13.2. The number of nitrogens with one attached hydrogen (secondary N) is 2. The Morgan fingerprint density at radius 1 is 1.50 bits per heavy atom. The molecule has 0 radical (unpaired) electrons. The smallest absolute Gasteiger partial charge is 0.238 e. The molecule has 9 heteroatoms. The maximum atomic E-state index is 12.2. The number of anilines is 1. The van der Waals surface area contributed by atoms with Crippen LogP contribution in [-0.4, -0.2) is 34.4 Å². The summed E-state index contributed by atoms with van der Waals surface area (Å²) in [6, 6.07) is 5.74. The lowest BCUT2D eigenvalue weighted by atomic mass is 10.2. The maximum Gasteiger partial charge on any atom is 0.238 e. The number of thioether (sulfide) groups is 1. The molecule has 2 unspecified atom stereocenters. The van der Waals surface area contributed by atoms with Crippen molar-refractivity contribution in [3.8, 4) is 0 Å². The SMILES string of the molecule is CNC(C)Cc1noc(CC2Sc3ccc(Cl)cc3NC2=O)n1.Cl. The second-order valence-corrected chi connectivity index (χ2v) is 7.12. The first kappa shape index (κ1) is 19.1. The van der Waals surface area contributed by atoms with Crippen LogP contribution in [0.15, 0.2) is 27.6 Å². The minimum absolute atomic E-state index is 0. The van der Waals surface area contributed by atoms with Crippen LogP contribution in [0, 0.1) is 0 Å². The highest BCUT2D eigenvalue weighted by Gasteiger charge is 2.29. The molecule has 2 aromatic rings. The third kappa shape index (κ3) is 4.42. The van der Waals surface area contributed by atoms with Gasteiger partial charge in [0.15, 0.2) is 5.82 Å². The van der Waals surface area contributed by atoms with Crippen molar-refractivity contribution >= 4 is 47.4 Å². The predicted octanol–water partition coefficient (Wildman–Crippen LogP) is 2.95. The number of benzene rings is 1. The lowest BCUT2D eigenvalue weighted by Crippen LogP contribution is -2.30. The number of amides is 1. The third-order valence-electron chi connectivity index (χ3n) is 3.61. The standard InChI is InChI=1S/C15H17ClN4O2S.ClH/c1-8(17-2)5-13-19-14(22-20-13)7-12-15(21)18-10-6-9(16)3-4-11(10)23-12;/h3-4,6,8,12,17H,5,7H2,1-2H3,(H,18,21);1H. The van der Waals surface area contributed by atoms with Crippen LogP contribution in [0.25, 0.3) is 0 Å². The topological polar surface area (TPSA) is 80.0 Å². The first-order valence-corrected chi connectivity index (χ1v) is 8.56. The Balaban J connectivity index is 0.00000208. The Bertz CT molecular complexity index is 725. The van der Waals surface area contributed by atoms with Gasteiger partial charge in [-0.2, -0.15) is 4.98 Å². The summed E-state index contributed by atoms with van der Waals surface area (Å²) >= 11 is 7.43. The van der Waals surface area contributed by atoms with Crippen molar-refractivity contribution < 1.29 is 9.32 Å². The Kier molecular flexibility index (Phi) is 6.51. The van der Waals surface area contributed by atoms with E-state index in [1.807, 2.05) is 26.1 Å². The highest BCUT2D eigenvalue weighted by molar-refractivity contribution is 8.01. The molecule has 0 saturated heterocycles. The molecule has 130 valence electrons. The minimum atomic E-state index is -0.293. The molecular formula is C15H18Cl2N4O2S. The van der Waals surface area contributed by atoms with Crippen LogP contribution < -0.4 is 10.6 Å². The number of rotatable bonds is 5. The molecule has 0 saturated carbocycles. The Hall–Kier alpha value is -1.28. The lowest BCUT2D eigenvalue weighted by Gasteiger charge is -2.23. The van der Waals surface area contributed by atoms with Gasteiger partial charge in [-0.25, -0.2) is 0 Å². The summed E-state index contributed by atoms with van der Waals surface area (Å²) in [6.45, 7) is 2.04. The molecule has 6 nitrogen and oxygen atoms in total. The van der Waals surface area contributed by atoms with Gasteiger partial charge in [0.05, 0.1) is 10.9 Å². The van der Waals surface area contributed by atoms with Crippen LogP contribution in [0.4, 0.5) is 5.69 Å². The van der Waals surface area contributed by atoms with E-state index in [-0.39, 0.29) is 29.6 Å². The van der Waals surface area contributed by atoms with Crippen molar-refractivity contribution in [2.75, 3.05) is 12.4 Å². The first-order valence-electron chi connectivity index (χ1n) is 7.31. The number of hydrogen-bond donors (Lipinski definition) is 2. The number of fused-ring (bicyclic) bond motifs is 1. The molecule has 3 rings (SSSR count). The molecule has 1 aliphatic rings. The van der Waals surface area contributed by atoms with Crippen molar-refractivity contribution in [2.45, 2.75) is 36.0 Å². The van der Waals surface area contributed by atoms with Gasteiger partial charge in [0, 0.05) is 28.8 Å². The molecule has 0 aliphatic carbocycles. The summed E-state index contributed by atoms with van der Waals surface area (Å²) in [7, 11) is 1.89. The molecule has 1 amide bonds. The number of aromatic nitrogens is 2. The fraction of sp³-hybridized carbons (Fsp3) is 0.400. The second-order valence-electron chi connectivity index (χ2n) is 5.44. The van der Waals surface area contributed by atoms with Crippen LogP contribution in [-0.2, 0) is 17.6 Å². The Morgan fingerprint density at radius 2 is 2.29 bits per heavy atom. The van der Waals surface area contributed by atoms with E-state index < -0.39 is 0 Å². The molecule has 2 atom stereocenters. The number of halogens is 2. The normalized spacial score (nSPS) is 17.6. The van der Waals surface area contributed by atoms with Crippen LogP contribution in [0.5, 0.6) is 0 Å². The quantitative estimate of drug-likeness (QED) is 0.819. The molecule has 2 heterocycles. The molecule has 0 fully saturated rings. The molecule has 2 N–H and O–H groups in total. The van der Waals surface area contributed by atoms with Crippen molar-refractivity contribution in [2.24, 2.45) is 0 Å². The van der Waals surface area contributed by atoms with Crippen molar-refractivity contribution in [3.05, 3.63) is 34.9 Å². The van der Waals surface area contributed by atoms with E-state index in [0.29, 0.717) is 29.6 Å². The summed E-state index contributed by atoms with van der Waals surface area (Å²) < 4.78 is 5.26. The molecular weight excluding hydrogens is 371 g/mol. The van der Waals surface area contributed by atoms with Gasteiger partial charge in [0.1, 0.15) is 0 Å². The molecule has 1 aromatic heterocycles. The van der Waals surface area contributed by atoms with Crippen LogP contribution in [0.1, 0.15) is 18.6 Å². The van der Waals surface area contributed by atoms with Gasteiger partial charge in [0.2, 0.25) is 11.8 Å². The van der Waals surface area contributed by atoms with Gasteiger partial charge in [-0.1, -0.05) is 16.8 Å². The number of carbonyl (C=O) groups excluding carboxylic acids is 1. The minimum Gasteiger partial charge on any atom is -0.339 e. The monoisotopic (exact) mass is 388 g/mol. The summed E-state index contributed by atoms with van der Waals surface area (Å²) in [5, 5.41) is 10.3. The number of hydrogen-bond acceptors (Lipinski definition) is 6. The fourth-order valence-corrected chi connectivity index (χ4v) is 3.50. The molecule has 0 spiro atoms. The van der Waals surface area contributed by atoms with Crippen molar-refractivity contribution in [3.63, 3.8) is 0 Å². The van der Waals surface area contributed by atoms with Gasteiger partial charge < -0.3 is 15.2 Å². The zero-order valence-corrected chi connectivity index (χ0v) is 15.6. The van der Waals surface area contributed by atoms with E-state index in [1.165, 1.54) is 11.8 Å². The van der Waals surface area contributed by atoms with Gasteiger partial charge in [-0.15, -0.1) is 24.2 Å². The van der Waals surface area contributed by atoms with E-state index in [2.05, 4.69) is 20.8 Å². The molecule has 1 aromatic carbocycles. The largest absolute Gasteiger partial charge is 0.339 e. The average Bonchev–Trinajstić information content (AvgIpc) is 2.95. The summed E-state index contributed by atoms with van der Waals surface area (Å²) in [5.74, 6) is 1.05. The fourth-order valence-electron chi connectivity index (χ4n) is 2.25. The molecule has 0 bridgehead atoms. The van der Waals surface area contributed by atoms with Gasteiger partial charge >= 0.3 is 0 Å². The van der Waals surface area contributed by atoms with E-state index in [0.717, 1.165) is 10.6 Å². The zero-order chi connectivity index (χ0) is 16.4. The summed E-state index contributed by atoms with van der Waals surface area (Å²) in [6.07, 6.45) is 1.09. The lowest BCUT2D eigenvalue weighted by molar-refractivity contribution is -0.115. The van der Waals surface area contributed by atoms with E-state index in [1.54, 1.807) is 6.07 Å². The molecule has 24 heavy (non-hydrogen) atoms. The van der Waals surface area contributed by atoms with Crippen molar-refractivity contribution in [1.82, 2.24) is 15.5 Å². The van der Waals surface area contributed by atoms with Gasteiger partial charge in [0.25, 0.3) is 0 Å².